The Balaban J connectivity index is 1.72. The lowest BCUT2D eigenvalue weighted by atomic mass is 9.73. The molecule has 14 heavy (non-hydrogen) atoms. The zero-order valence-corrected chi connectivity index (χ0v) is 9.17. The Bertz CT molecular complexity index is 182. The summed E-state index contributed by atoms with van der Waals surface area (Å²) >= 11 is 0. The highest BCUT2D eigenvalue weighted by molar-refractivity contribution is 4.96. The van der Waals surface area contributed by atoms with Crippen LogP contribution in [0.4, 0.5) is 0 Å². The van der Waals surface area contributed by atoms with Crippen LogP contribution in [0.1, 0.15) is 19.8 Å². The zero-order valence-electron chi connectivity index (χ0n) is 9.17. The summed E-state index contributed by atoms with van der Waals surface area (Å²) in [6, 6.07) is 0. The van der Waals surface area contributed by atoms with E-state index in [1.54, 1.807) is 0 Å². The number of nitrogens with zero attached hydrogens (tertiary/aromatic N) is 1. The fraction of sp³-hybridized carbons (Fsp3) is 1.00. The summed E-state index contributed by atoms with van der Waals surface area (Å²) in [6.07, 6.45) is 2.53. The molecule has 1 unspecified atom stereocenters. The third-order valence-electron chi connectivity index (χ3n) is 3.64. The third kappa shape index (κ3) is 2.10. The fourth-order valence-corrected chi connectivity index (χ4v) is 2.67. The van der Waals surface area contributed by atoms with E-state index in [-0.39, 0.29) is 0 Å². The maximum atomic E-state index is 5.62. The molecule has 2 N–H and O–H groups in total. The second kappa shape index (κ2) is 4.17. The summed E-state index contributed by atoms with van der Waals surface area (Å²) < 4.78 is 5.40. The van der Waals surface area contributed by atoms with Crippen molar-refractivity contribution in [3.05, 3.63) is 0 Å². The molecule has 2 saturated heterocycles. The highest BCUT2D eigenvalue weighted by Gasteiger charge is 2.43. The zero-order chi connectivity index (χ0) is 10.0. The van der Waals surface area contributed by atoms with Crippen molar-refractivity contribution in [2.75, 3.05) is 39.4 Å². The van der Waals surface area contributed by atoms with Crippen LogP contribution in [0.25, 0.3) is 0 Å². The summed E-state index contributed by atoms with van der Waals surface area (Å²) in [5, 5.41) is 0. The molecule has 2 aliphatic rings. The van der Waals surface area contributed by atoms with Gasteiger partial charge in [-0.05, 0) is 25.3 Å². The van der Waals surface area contributed by atoms with Gasteiger partial charge in [-0.1, -0.05) is 6.92 Å². The van der Waals surface area contributed by atoms with Crippen LogP contribution in [-0.2, 0) is 4.74 Å². The second-order valence-corrected chi connectivity index (χ2v) is 5.12. The maximum absolute atomic E-state index is 5.62. The van der Waals surface area contributed by atoms with Crippen molar-refractivity contribution in [1.29, 1.82) is 0 Å². The molecule has 1 atom stereocenters. The Hall–Kier alpha value is -0.120. The van der Waals surface area contributed by atoms with Crippen molar-refractivity contribution in [2.45, 2.75) is 19.8 Å². The molecule has 2 aliphatic heterocycles. The topological polar surface area (TPSA) is 38.5 Å². The number of nitrogens with two attached hydrogens (primary N) is 1. The van der Waals surface area contributed by atoms with E-state index in [1.807, 2.05) is 0 Å². The van der Waals surface area contributed by atoms with Crippen molar-refractivity contribution in [1.82, 2.24) is 4.90 Å². The van der Waals surface area contributed by atoms with Crippen LogP contribution in [-0.4, -0.2) is 44.3 Å². The summed E-state index contributed by atoms with van der Waals surface area (Å²) in [5.41, 5.74) is 6.24. The molecule has 0 bridgehead atoms. The third-order valence-corrected chi connectivity index (χ3v) is 3.64. The Morgan fingerprint density at radius 1 is 1.36 bits per heavy atom. The van der Waals surface area contributed by atoms with E-state index in [0.717, 1.165) is 19.8 Å². The first-order valence-corrected chi connectivity index (χ1v) is 5.74. The van der Waals surface area contributed by atoms with Crippen LogP contribution in [0.5, 0.6) is 0 Å². The van der Waals surface area contributed by atoms with Crippen LogP contribution in [0.15, 0.2) is 0 Å². The molecule has 1 spiro atoms. The summed E-state index contributed by atoms with van der Waals surface area (Å²) in [7, 11) is 0. The number of hydrogen-bond acceptors (Lipinski definition) is 3. The van der Waals surface area contributed by atoms with Gasteiger partial charge in [-0.15, -0.1) is 0 Å². The lowest BCUT2D eigenvalue weighted by molar-refractivity contribution is -0.0839. The van der Waals surface area contributed by atoms with Gasteiger partial charge in [0.25, 0.3) is 0 Å². The minimum atomic E-state index is 0.618. The van der Waals surface area contributed by atoms with Crippen molar-refractivity contribution < 1.29 is 4.74 Å². The first-order chi connectivity index (χ1) is 6.74. The molecule has 3 heteroatoms. The first kappa shape index (κ1) is 10.4. The van der Waals surface area contributed by atoms with Gasteiger partial charge in [0.05, 0.1) is 0 Å². The molecule has 2 heterocycles. The average Bonchev–Trinajstić information content (AvgIpc) is 2.17. The molecule has 0 radical (unpaired) electrons. The molecule has 3 nitrogen and oxygen atoms in total. The van der Waals surface area contributed by atoms with Gasteiger partial charge in [-0.3, -0.25) is 0 Å². The predicted molar refractivity (Wildman–Crippen MR) is 57.1 cm³/mol. The van der Waals surface area contributed by atoms with Gasteiger partial charge < -0.3 is 15.4 Å². The van der Waals surface area contributed by atoms with E-state index < -0.39 is 0 Å². The number of rotatable bonds is 3. The van der Waals surface area contributed by atoms with Gasteiger partial charge in [0, 0.05) is 38.3 Å². The van der Waals surface area contributed by atoms with E-state index in [1.165, 1.54) is 32.5 Å². The lowest BCUT2D eigenvalue weighted by Gasteiger charge is -2.53. The Morgan fingerprint density at radius 3 is 2.57 bits per heavy atom. The maximum Gasteiger partial charge on any atom is 0.0472 e. The monoisotopic (exact) mass is 198 g/mol. The molecule has 0 amide bonds. The summed E-state index contributed by atoms with van der Waals surface area (Å²) in [5.74, 6) is 0.646. The standard InChI is InChI=1S/C11H22N2O/c1-10(6-12)7-13-8-11(9-13)2-4-14-5-3-11/h10H,2-9,12H2,1H3. The minimum Gasteiger partial charge on any atom is -0.381 e. The van der Waals surface area contributed by atoms with E-state index >= 15 is 0 Å². The summed E-state index contributed by atoms with van der Waals surface area (Å²) in [4.78, 5) is 2.54. The van der Waals surface area contributed by atoms with Gasteiger partial charge in [0.1, 0.15) is 0 Å². The smallest absolute Gasteiger partial charge is 0.0472 e. The number of likely N-dealkylation sites (tertiary alicyclic amines) is 1. The van der Waals surface area contributed by atoms with Crippen LogP contribution >= 0.6 is 0 Å². The molecule has 0 aromatic carbocycles. The molecule has 2 rings (SSSR count). The minimum absolute atomic E-state index is 0.618. The average molecular weight is 198 g/mol. The van der Waals surface area contributed by atoms with E-state index in [0.29, 0.717) is 11.3 Å². The van der Waals surface area contributed by atoms with E-state index in [2.05, 4.69) is 11.8 Å². The quantitative estimate of drug-likeness (QED) is 0.725. The fourth-order valence-electron chi connectivity index (χ4n) is 2.67. The predicted octanol–water partition coefficient (Wildman–Crippen LogP) is 0.694. The van der Waals surface area contributed by atoms with Crippen LogP contribution in [0, 0.1) is 11.3 Å². The Morgan fingerprint density at radius 2 is 2.00 bits per heavy atom. The Labute approximate surface area is 86.6 Å². The van der Waals surface area contributed by atoms with E-state index in [9.17, 15) is 0 Å². The largest absolute Gasteiger partial charge is 0.381 e. The van der Waals surface area contributed by atoms with Crippen LogP contribution in [0.2, 0.25) is 0 Å². The summed E-state index contributed by atoms with van der Waals surface area (Å²) in [6.45, 7) is 8.72. The highest BCUT2D eigenvalue weighted by Crippen LogP contribution is 2.39. The molecule has 82 valence electrons. The highest BCUT2D eigenvalue weighted by atomic mass is 16.5. The normalized spacial score (nSPS) is 28.7. The lowest BCUT2D eigenvalue weighted by Crippen LogP contribution is -2.59. The van der Waals surface area contributed by atoms with Crippen LogP contribution < -0.4 is 5.73 Å². The molecule has 0 aromatic heterocycles. The molecular weight excluding hydrogens is 176 g/mol. The second-order valence-electron chi connectivity index (χ2n) is 5.12. The van der Waals surface area contributed by atoms with Crippen molar-refractivity contribution in [3.63, 3.8) is 0 Å². The van der Waals surface area contributed by atoms with Crippen molar-refractivity contribution >= 4 is 0 Å². The molecular formula is C11H22N2O. The van der Waals surface area contributed by atoms with E-state index in [4.69, 9.17) is 10.5 Å². The van der Waals surface area contributed by atoms with Gasteiger partial charge >= 0.3 is 0 Å². The van der Waals surface area contributed by atoms with Crippen molar-refractivity contribution in [3.8, 4) is 0 Å². The molecule has 0 aromatic rings. The van der Waals surface area contributed by atoms with Crippen molar-refractivity contribution in [2.24, 2.45) is 17.1 Å². The molecule has 0 saturated carbocycles. The SMILES string of the molecule is CC(CN)CN1CC2(CCOCC2)C1. The number of hydrogen-bond donors (Lipinski definition) is 1. The molecule has 0 aliphatic carbocycles. The Kier molecular flexibility index (Phi) is 3.10. The van der Waals surface area contributed by atoms with Gasteiger partial charge in [0.15, 0.2) is 0 Å². The first-order valence-electron chi connectivity index (χ1n) is 5.74. The van der Waals surface area contributed by atoms with Crippen LogP contribution in [0.3, 0.4) is 0 Å². The molecule has 2 fully saturated rings. The van der Waals surface area contributed by atoms with Gasteiger partial charge in [-0.2, -0.15) is 0 Å². The van der Waals surface area contributed by atoms with Gasteiger partial charge in [-0.25, -0.2) is 0 Å². The number of ether oxygens (including phenoxy) is 1. The van der Waals surface area contributed by atoms with Gasteiger partial charge in [0.2, 0.25) is 0 Å².